The van der Waals surface area contributed by atoms with E-state index in [1.807, 2.05) is 6.07 Å². The Morgan fingerprint density at radius 1 is 1.15 bits per heavy atom. The SMILES string of the molecule is O=C1CCC(N2Cc3c(C#CC4CCCC4)cc(CO)cc3C2=O)C(=O)N1. The molecule has 3 aliphatic rings. The molecule has 0 bridgehead atoms. The van der Waals surface area contributed by atoms with Gasteiger partial charge in [0, 0.05) is 30.0 Å². The van der Waals surface area contributed by atoms with E-state index < -0.39 is 11.9 Å². The van der Waals surface area contributed by atoms with Gasteiger partial charge in [-0.25, -0.2) is 0 Å². The van der Waals surface area contributed by atoms with Gasteiger partial charge >= 0.3 is 0 Å². The van der Waals surface area contributed by atoms with Crippen LogP contribution in [0.2, 0.25) is 0 Å². The predicted octanol–water partition coefficient (Wildman–Crippen LogP) is 1.48. The summed E-state index contributed by atoms with van der Waals surface area (Å²) in [6.45, 7) is 0.137. The molecule has 0 aromatic heterocycles. The molecule has 6 heteroatoms. The minimum atomic E-state index is -0.643. The number of imide groups is 1. The molecule has 4 rings (SSSR count). The van der Waals surface area contributed by atoms with Gasteiger partial charge in [0.1, 0.15) is 6.04 Å². The molecule has 1 aromatic carbocycles. The molecule has 2 N–H and O–H groups in total. The number of aliphatic hydroxyl groups excluding tert-OH is 1. The van der Waals surface area contributed by atoms with Gasteiger partial charge in [0.25, 0.3) is 5.91 Å². The standard InChI is InChI=1S/C21H22N2O4/c24-12-14-9-15(6-5-13-3-1-2-4-13)17-11-23(21(27)16(17)10-14)18-7-8-19(25)22-20(18)26/h9-10,13,18,24H,1-4,7-8,11-12H2,(H,22,25,26). The van der Waals surface area contributed by atoms with E-state index in [0.717, 1.165) is 24.0 Å². The van der Waals surface area contributed by atoms with Gasteiger partial charge in [-0.15, -0.1) is 0 Å². The molecule has 6 nitrogen and oxygen atoms in total. The van der Waals surface area contributed by atoms with Crippen molar-refractivity contribution in [2.75, 3.05) is 0 Å². The fourth-order valence-electron chi connectivity index (χ4n) is 4.17. The number of carbonyl (C=O) groups is 3. The van der Waals surface area contributed by atoms with Crippen molar-refractivity contribution < 1.29 is 19.5 Å². The third kappa shape index (κ3) is 3.35. The maximum atomic E-state index is 12.9. The lowest BCUT2D eigenvalue weighted by atomic mass is 9.99. The summed E-state index contributed by atoms with van der Waals surface area (Å²) < 4.78 is 0. The number of nitrogens with one attached hydrogen (secondary N) is 1. The number of nitrogens with zero attached hydrogens (tertiary/aromatic N) is 1. The third-order valence-corrected chi connectivity index (χ3v) is 5.66. The highest BCUT2D eigenvalue weighted by Crippen LogP contribution is 2.31. The van der Waals surface area contributed by atoms with Crippen molar-refractivity contribution in [1.29, 1.82) is 0 Å². The first-order chi connectivity index (χ1) is 13.1. The van der Waals surface area contributed by atoms with Crippen molar-refractivity contribution in [3.05, 3.63) is 34.4 Å². The Balaban J connectivity index is 1.66. The zero-order valence-electron chi connectivity index (χ0n) is 15.1. The number of rotatable bonds is 2. The molecule has 140 valence electrons. The number of benzene rings is 1. The van der Waals surface area contributed by atoms with Crippen LogP contribution in [-0.2, 0) is 22.7 Å². The summed E-state index contributed by atoms with van der Waals surface area (Å²) in [5.74, 6) is 5.98. The molecular formula is C21H22N2O4. The first-order valence-electron chi connectivity index (χ1n) is 9.49. The van der Waals surface area contributed by atoms with Crippen molar-refractivity contribution in [3.8, 4) is 11.8 Å². The fourth-order valence-corrected chi connectivity index (χ4v) is 4.17. The van der Waals surface area contributed by atoms with Crippen LogP contribution in [0.1, 0.15) is 65.6 Å². The summed E-state index contributed by atoms with van der Waals surface area (Å²) in [6.07, 6.45) is 5.19. The van der Waals surface area contributed by atoms with E-state index in [0.29, 0.717) is 30.0 Å². The molecule has 2 fully saturated rings. The summed E-state index contributed by atoms with van der Waals surface area (Å²) in [7, 11) is 0. The van der Waals surface area contributed by atoms with Crippen molar-refractivity contribution in [1.82, 2.24) is 10.2 Å². The summed E-state index contributed by atoms with van der Waals surface area (Å²) in [5.41, 5.74) is 2.71. The molecule has 2 aliphatic heterocycles. The van der Waals surface area contributed by atoms with E-state index in [-0.39, 0.29) is 24.8 Å². The summed E-state index contributed by atoms with van der Waals surface area (Å²) >= 11 is 0. The highest BCUT2D eigenvalue weighted by Gasteiger charge is 2.40. The van der Waals surface area contributed by atoms with Gasteiger partial charge < -0.3 is 10.0 Å². The fraction of sp³-hybridized carbons (Fsp3) is 0.476. The zero-order valence-corrected chi connectivity index (χ0v) is 15.1. The minimum absolute atomic E-state index is 0.170. The molecule has 2 heterocycles. The van der Waals surface area contributed by atoms with Crippen LogP contribution in [0.5, 0.6) is 0 Å². The number of hydrogen-bond donors (Lipinski definition) is 2. The van der Waals surface area contributed by atoms with Crippen LogP contribution in [0.3, 0.4) is 0 Å². The van der Waals surface area contributed by atoms with Crippen LogP contribution in [0.25, 0.3) is 0 Å². The highest BCUT2D eigenvalue weighted by molar-refractivity contribution is 6.05. The molecule has 0 radical (unpaired) electrons. The Hall–Kier alpha value is -2.65. The molecule has 1 unspecified atom stereocenters. The second-order valence-corrected chi connectivity index (χ2v) is 7.48. The lowest BCUT2D eigenvalue weighted by Crippen LogP contribution is -2.52. The zero-order chi connectivity index (χ0) is 19.0. The van der Waals surface area contributed by atoms with Crippen molar-refractivity contribution in [2.45, 2.75) is 57.7 Å². The van der Waals surface area contributed by atoms with Gasteiger partial charge in [0.2, 0.25) is 11.8 Å². The van der Waals surface area contributed by atoms with Gasteiger partial charge in [-0.05, 0) is 42.5 Å². The lowest BCUT2D eigenvalue weighted by molar-refractivity contribution is -0.136. The molecule has 3 amide bonds. The minimum Gasteiger partial charge on any atom is -0.392 e. The monoisotopic (exact) mass is 366 g/mol. The van der Waals surface area contributed by atoms with Gasteiger partial charge in [-0.3, -0.25) is 19.7 Å². The number of fused-ring (bicyclic) bond motifs is 1. The lowest BCUT2D eigenvalue weighted by Gasteiger charge is -2.29. The Kier molecular flexibility index (Phi) is 4.71. The van der Waals surface area contributed by atoms with Crippen molar-refractivity contribution in [3.63, 3.8) is 0 Å². The van der Waals surface area contributed by atoms with Crippen LogP contribution in [-0.4, -0.2) is 33.8 Å². The third-order valence-electron chi connectivity index (χ3n) is 5.66. The van der Waals surface area contributed by atoms with E-state index in [2.05, 4.69) is 17.2 Å². The smallest absolute Gasteiger partial charge is 0.255 e. The number of piperidine rings is 1. The summed E-state index contributed by atoms with van der Waals surface area (Å²) in [4.78, 5) is 38.1. The highest BCUT2D eigenvalue weighted by atomic mass is 16.3. The maximum absolute atomic E-state index is 12.9. The summed E-state index contributed by atoms with van der Waals surface area (Å²) in [5, 5.41) is 11.9. The van der Waals surface area contributed by atoms with Crippen molar-refractivity contribution >= 4 is 17.7 Å². The topological polar surface area (TPSA) is 86.7 Å². The molecule has 1 atom stereocenters. The maximum Gasteiger partial charge on any atom is 0.255 e. The van der Waals surface area contributed by atoms with Crippen LogP contribution >= 0.6 is 0 Å². The van der Waals surface area contributed by atoms with Gasteiger partial charge in [0.05, 0.1) is 6.61 Å². The quantitative estimate of drug-likeness (QED) is 0.613. The average Bonchev–Trinajstić information content (AvgIpc) is 3.28. The largest absolute Gasteiger partial charge is 0.392 e. The molecule has 1 saturated heterocycles. The Morgan fingerprint density at radius 3 is 2.63 bits per heavy atom. The van der Waals surface area contributed by atoms with E-state index in [1.165, 1.54) is 17.7 Å². The Bertz CT molecular complexity index is 874. The molecule has 27 heavy (non-hydrogen) atoms. The van der Waals surface area contributed by atoms with E-state index in [9.17, 15) is 19.5 Å². The first-order valence-corrected chi connectivity index (χ1v) is 9.49. The van der Waals surface area contributed by atoms with Gasteiger partial charge in [-0.1, -0.05) is 24.7 Å². The first kappa shape index (κ1) is 17.7. The molecule has 1 aromatic rings. The molecule has 1 aliphatic carbocycles. The normalized spacial score (nSPS) is 22.5. The van der Waals surface area contributed by atoms with E-state index in [1.54, 1.807) is 6.07 Å². The van der Waals surface area contributed by atoms with Crippen LogP contribution in [0.4, 0.5) is 0 Å². The second kappa shape index (κ2) is 7.16. The number of hydrogen-bond acceptors (Lipinski definition) is 4. The Morgan fingerprint density at radius 2 is 1.93 bits per heavy atom. The van der Waals surface area contributed by atoms with Crippen LogP contribution in [0, 0.1) is 17.8 Å². The van der Waals surface area contributed by atoms with E-state index >= 15 is 0 Å². The van der Waals surface area contributed by atoms with Crippen molar-refractivity contribution in [2.24, 2.45) is 5.92 Å². The van der Waals surface area contributed by atoms with Gasteiger partial charge in [-0.2, -0.15) is 0 Å². The van der Waals surface area contributed by atoms with E-state index in [4.69, 9.17) is 0 Å². The molecular weight excluding hydrogens is 344 g/mol. The van der Waals surface area contributed by atoms with Crippen LogP contribution < -0.4 is 5.32 Å². The number of amides is 3. The molecule has 0 spiro atoms. The number of aliphatic hydroxyl groups is 1. The molecule has 1 saturated carbocycles. The predicted molar refractivity (Wildman–Crippen MR) is 97.2 cm³/mol. The Labute approximate surface area is 157 Å². The average molecular weight is 366 g/mol. The summed E-state index contributed by atoms with van der Waals surface area (Å²) in [6, 6.07) is 2.88. The number of carbonyl (C=O) groups excluding carboxylic acids is 3. The van der Waals surface area contributed by atoms with Crippen LogP contribution in [0.15, 0.2) is 12.1 Å². The second-order valence-electron chi connectivity index (χ2n) is 7.48. The van der Waals surface area contributed by atoms with Gasteiger partial charge in [0.15, 0.2) is 0 Å².